The molecule has 0 aliphatic carbocycles. The summed E-state index contributed by atoms with van der Waals surface area (Å²) in [7, 11) is 0. The number of hydrogen-bond donors (Lipinski definition) is 0. The van der Waals surface area contributed by atoms with Gasteiger partial charge in [-0.3, -0.25) is 9.58 Å². The number of aromatic nitrogens is 2. The quantitative estimate of drug-likeness (QED) is 0.714. The lowest BCUT2D eigenvalue weighted by Gasteiger charge is -2.22. The fourth-order valence-electron chi connectivity index (χ4n) is 2.41. The number of aryl methyl sites for hydroxylation is 2. The van der Waals surface area contributed by atoms with Crippen molar-refractivity contribution in [3.8, 4) is 0 Å². The van der Waals surface area contributed by atoms with E-state index in [9.17, 15) is 0 Å². The van der Waals surface area contributed by atoms with E-state index in [0.717, 1.165) is 42.6 Å². The molecule has 114 valence electrons. The van der Waals surface area contributed by atoms with Gasteiger partial charge in [0.2, 0.25) is 0 Å². The van der Waals surface area contributed by atoms with Crippen molar-refractivity contribution in [2.24, 2.45) is 0 Å². The average Bonchev–Trinajstić information content (AvgIpc) is 2.76. The number of benzene rings is 1. The molecule has 0 amide bonds. The zero-order valence-electron chi connectivity index (χ0n) is 12.5. The standard InChI is InChI=1S/C16H21Cl2N3/c1-3-21-15(16(18)13(2)19-21)12-20(10-9-17)11-14-7-5-4-6-8-14/h4-8H,3,9-12H2,1-2H3. The molecular formula is C16H21Cl2N3. The van der Waals surface area contributed by atoms with Crippen LogP contribution in [-0.2, 0) is 19.6 Å². The van der Waals surface area contributed by atoms with E-state index in [1.54, 1.807) is 0 Å². The van der Waals surface area contributed by atoms with Crippen molar-refractivity contribution in [1.82, 2.24) is 14.7 Å². The Kier molecular flexibility index (Phi) is 6.09. The van der Waals surface area contributed by atoms with Crippen LogP contribution in [0.1, 0.15) is 23.9 Å². The largest absolute Gasteiger partial charge is 0.292 e. The highest BCUT2D eigenvalue weighted by molar-refractivity contribution is 6.31. The van der Waals surface area contributed by atoms with E-state index in [2.05, 4.69) is 41.2 Å². The Balaban J connectivity index is 2.16. The van der Waals surface area contributed by atoms with Gasteiger partial charge in [-0.1, -0.05) is 41.9 Å². The van der Waals surface area contributed by atoms with Gasteiger partial charge in [0.25, 0.3) is 0 Å². The molecule has 0 saturated heterocycles. The van der Waals surface area contributed by atoms with Crippen LogP contribution in [0, 0.1) is 6.92 Å². The Morgan fingerprint density at radius 3 is 2.52 bits per heavy atom. The van der Waals surface area contributed by atoms with Gasteiger partial charge in [-0.15, -0.1) is 11.6 Å². The van der Waals surface area contributed by atoms with Crippen LogP contribution in [0.15, 0.2) is 30.3 Å². The molecule has 0 fully saturated rings. The van der Waals surface area contributed by atoms with Crippen molar-refractivity contribution in [2.45, 2.75) is 33.5 Å². The maximum Gasteiger partial charge on any atom is 0.0860 e. The highest BCUT2D eigenvalue weighted by atomic mass is 35.5. The summed E-state index contributed by atoms with van der Waals surface area (Å²) in [6.07, 6.45) is 0. The van der Waals surface area contributed by atoms with Crippen molar-refractivity contribution in [3.05, 3.63) is 52.3 Å². The van der Waals surface area contributed by atoms with Gasteiger partial charge in [0.15, 0.2) is 0 Å². The van der Waals surface area contributed by atoms with Gasteiger partial charge in [-0.25, -0.2) is 0 Å². The number of halogens is 2. The molecule has 2 aromatic rings. The second-order valence-electron chi connectivity index (χ2n) is 5.05. The summed E-state index contributed by atoms with van der Waals surface area (Å²) in [6.45, 7) is 7.28. The highest BCUT2D eigenvalue weighted by Gasteiger charge is 2.16. The molecule has 0 aliphatic heterocycles. The Morgan fingerprint density at radius 1 is 1.19 bits per heavy atom. The van der Waals surface area contributed by atoms with Crippen molar-refractivity contribution >= 4 is 23.2 Å². The molecule has 0 bridgehead atoms. The zero-order chi connectivity index (χ0) is 15.2. The molecule has 0 unspecified atom stereocenters. The van der Waals surface area contributed by atoms with Crippen molar-refractivity contribution in [1.29, 1.82) is 0 Å². The summed E-state index contributed by atoms with van der Waals surface area (Å²) in [5.74, 6) is 0.601. The minimum absolute atomic E-state index is 0.601. The van der Waals surface area contributed by atoms with Crippen LogP contribution >= 0.6 is 23.2 Å². The van der Waals surface area contributed by atoms with Crippen LogP contribution in [0.2, 0.25) is 5.02 Å². The SMILES string of the molecule is CCn1nc(C)c(Cl)c1CN(CCCl)Cc1ccccc1. The maximum absolute atomic E-state index is 6.40. The van der Waals surface area contributed by atoms with Gasteiger partial charge in [-0.2, -0.15) is 5.10 Å². The van der Waals surface area contributed by atoms with Gasteiger partial charge < -0.3 is 0 Å². The van der Waals surface area contributed by atoms with E-state index in [1.807, 2.05) is 17.7 Å². The monoisotopic (exact) mass is 325 g/mol. The van der Waals surface area contributed by atoms with E-state index < -0.39 is 0 Å². The van der Waals surface area contributed by atoms with Crippen LogP contribution < -0.4 is 0 Å². The van der Waals surface area contributed by atoms with Gasteiger partial charge in [0.05, 0.1) is 16.4 Å². The molecule has 0 N–H and O–H groups in total. The van der Waals surface area contributed by atoms with Gasteiger partial charge in [-0.05, 0) is 19.4 Å². The highest BCUT2D eigenvalue weighted by Crippen LogP contribution is 2.22. The molecule has 0 radical (unpaired) electrons. The maximum atomic E-state index is 6.40. The number of nitrogens with zero attached hydrogens (tertiary/aromatic N) is 3. The first-order valence-corrected chi connectivity index (χ1v) is 8.11. The van der Waals surface area contributed by atoms with Crippen LogP contribution in [0.25, 0.3) is 0 Å². The molecule has 0 atom stereocenters. The lowest BCUT2D eigenvalue weighted by atomic mass is 10.2. The summed E-state index contributed by atoms with van der Waals surface area (Å²) in [4.78, 5) is 2.30. The molecule has 1 aromatic carbocycles. The zero-order valence-corrected chi connectivity index (χ0v) is 14.0. The Hall–Kier alpha value is -1.03. The molecule has 3 nitrogen and oxygen atoms in total. The van der Waals surface area contributed by atoms with E-state index in [1.165, 1.54) is 5.56 Å². The lowest BCUT2D eigenvalue weighted by molar-refractivity contribution is 0.264. The summed E-state index contributed by atoms with van der Waals surface area (Å²) >= 11 is 12.3. The van der Waals surface area contributed by atoms with Crippen LogP contribution in [0.3, 0.4) is 0 Å². The topological polar surface area (TPSA) is 21.1 Å². The first-order valence-electron chi connectivity index (χ1n) is 7.19. The average molecular weight is 326 g/mol. The minimum atomic E-state index is 0.601. The van der Waals surface area contributed by atoms with E-state index >= 15 is 0 Å². The third-order valence-electron chi connectivity index (χ3n) is 3.48. The van der Waals surface area contributed by atoms with Gasteiger partial charge >= 0.3 is 0 Å². The molecule has 0 aliphatic rings. The molecule has 0 saturated carbocycles. The van der Waals surface area contributed by atoms with Crippen LogP contribution in [0.4, 0.5) is 0 Å². The molecule has 1 heterocycles. The van der Waals surface area contributed by atoms with Crippen molar-refractivity contribution < 1.29 is 0 Å². The Labute approximate surface area is 136 Å². The van der Waals surface area contributed by atoms with Crippen LogP contribution in [0.5, 0.6) is 0 Å². The Bertz CT molecular complexity index is 566. The van der Waals surface area contributed by atoms with E-state index in [-0.39, 0.29) is 0 Å². The predicted molar refractivity (Wildman–Crippen MR) is 88.9 cm³/mol. The predicted octanol–water partition coefficient (Wildman–Crippen LogP) is 4.11. The Morgan fingerprint density at radius 2 is 1.90 bits per heavy atom. The van der Waals surface area contributed by atoms with Crippen molar-refractivity contribution in [2.75, 3.05) is 12.4 Å². The first-order chi connectivity index (χ1) is 10.2. The molecule has 21 heavy (non-hydrogen) atoms. The van der Waals surface area contributed by atoms with E-state index in [0.29, 0.717) is 5.88 Å². The lowest BCUT2D eigenvalue weighted by Crippen LogP contribution is -2.26. The van der Waals surface area contributed by atoms with Crippen molar-refractivity contribution in [3.63, 3.8) is 0 Å². The second-order valence-corrected chi connectivity index (χ2v) is 5.80. The van der Waals surface area contributed by atoms with Gasteiger partial charge in [0, 0.05) is 32.1 Å². The number of alkyl halides is 1. The summed E-state index contributed by atoms with van der Waals surface area (Å²) in [6, 6.07) is 10.4. The number of hydrogen-bond acceptors (Lipinski definition) is 2. The smallest absolute Gasteiger partial charge is 0.0860 e. The molecule has 2 rings (SSSR count). The molecule has 0 spiro atoms. The molecule has 1 aromatic heterocycles. The first kappa shape index (κ1) is 16.3. The fraction of sp³-hybridized carbons (Fsp3) is 0.438. The third-order valence-corrected chi connectivity index (χ3v) is 4.14. The minimum Gasteiger partial charge on any atom is -0.292 e. The summed E-state index contributed by atoms with van der Waals surface area (Å²) < 4.78 is 1.98. The third kappa shape index (κ3) is 4.22. The fourth-order valence-corrected chi connectivity index (χ4v) is 2.84. The second kappa shape index (κ2) is 7.83. The summed E-state index contributed by atoms with van der Waals surface area (Å²) in [5.41, 5.74) is 3.23. The molecule has 5 heteroatoms. The normalized spacial score (nSPS) is 11.3. The molecular weight excluding hydrogens is 305 g/mol. The number of rotatable bonds is 7. The van der Waals surface area contributed by atoms with Crippen LogP contribution in [-0.4, -0.2) is 27.1 Å². The van der Waals surface area contributed by atoms with Gasteiger partial charge in [0.1, 0.15) is 0 Å². The van der Waals surface area contributed by atoms with E-state index in [4.69, 9.17) is 23.2 Å². The summed E-state index contributed by atoms with van der Waals surface area (Å²) in [5, 5.41) is 5.24.